The van der Waals surface area contributed by atoms with Gasteiger partial charge >= 0.3 is 6.09 Å². The molecule has 2 aromatic rings. The molecule has 1 aromatic heterocycles. The van der Waals surface area contributed by atoms with Crippen LogP contribution in [0.5, 0.6) is 0 Å². The van der Waals surface area contributed by atoms with Gasteiger partial charge in [0.25, 0.3) is 0 Å². The first-order chi connectivity index (χ1) is 9.68. The number of amides is 1. The maximum atomic E-state index is 11.8. The number of carbonyl (C=O) groups is 1. The van der Waals surface area contributed by atoms with Crippen LogP contribution in [0.1, 0.15) is 18.4 Å². The lowest BCUT2D eigenvalue weighted by Gasteiger charge is -2.10. The van der Waals surface area contributed by atoms with Crippen LogP contribution < -0.4 is 10.1 Å². The van der Waals surface area contributed by atoms with Crippen LogP contribution in [0.15, 0.2) is 30.3 Å². The number of nitrogens with zero attached hydrogens (tertiary/aromatic N) is 5. The minimum atomic E-state index is -0.581. The lowest BCUT2D eigenvalue weighted by atomic mass is 10.2. The fraction of sp³-hybridized carbons (Fsp3) is 0.417. The predicted octanol–water partition coefficient (Wildman–Crippen LogP) is -0.129. The van der Waals surface area contributed by atoms with Crippen molar-refractivity contribution in [1.82, 2.24) is 25.8 Å². The van der Waals surface area contributed by atoms with E-state index in [9.17, 15) is 4.79 Å². The average Bonchev–Trinajstić information content (AvgIpc) is 3.10. The fourth-order valence-corrected chi connectivity index (χ4v) is 1.87. The Morgan fingerprint density at radius 1 is 1.45 bits per heavy atom. The van der Waals surface area contributed by atoms with Gasteiger partial charge < -0.3 is 4.74 Å². The van der Waals surface area contributed by atoms with Crippen molar-refractivity contribution >= 4 is 6.09 Å². The Morgan fingerprint density at radius 3 is 2.80 bits per heavy atom. The number of hydrogen-bond donors (Lipinski definition) is 1. The van der Waals surface area contributed by atoms with Crippen LogP contribution in [-0.4, -0.2) is 26.5 Å². The van der Waals surface area contributed by atoms with Gasteiger partial charge in [0.2, 0.25) is 5.66 Å². The highest BCUT2D eigenvalue weighted by Gasteiger charge is 2.55. The van der Waals surface area contributed by atoms with Gasteiger partial charge in [-0.25, -0.2) is 4.79 Å². The Bertz CT molecular complexity index is 607. The van der Waals surface area contributed by atoms with Gasteiger partial charge in [-0.3, -0.25) is 5.32 Å². The zero-order chi connectivity index (χ0) is 14.0. The zero-order valence-corrected chi connectivity index (χ0v) is 11.1. The largest absolute Gasteiger partial charge is 0.445 e. The van der Waals surface area contributed by atoms with Crippen molar-refractivity contribution in [3.05, 3.63) is 35.9 Å². The molecule has 0 saturated heterocycles. The molecular formula is C12H15N6O2+. The van der Waals surface area contributed by atoms with E-state index in [-0.39, 0.29) is 6.61 Å². The molecule has 1 saturated carbocycles. The van der Waals surface area contributed by atoms with Crippen molar-refractivity contribution < 1.29 is 14.3 Å². The number of benzene rings is 1. The lowest BCUT2D eigenvalue weighted by molar-refractivity contribution is -0.787. The molecule has 0 unspecified atom stereocenters. The molecule has 8 heteroatoms. The van der Waals surface area contributed by atoms with Crippen molar-refractivity contribution in [2.75, 3.05) is 0 Å². The van der Waals surface area contributed by atoms with Crippen LogP contribution >= 0.6 is 0 Å². The van der Waals surface area contributed by atoms with Crippen LogP contribution in [0.2, 0.25) is 0 Å². The smallest absolute Gasteiger partial charge is 0.410 e. The molecule has 104 valence electrons. The van der Waals surface area contributed by atoms with Crippen molar-refractivity contribution in [2.24, 2.45) is 7.05 Å². The Labute approximate surface area is 115 Å². The average molecular weight is 275 g/mol. The first-order valence-electron chi connectivity index (χ1n) is 6.34. The first-order valence-corrected chi connectivity index (χ1v) is 6.34. The van der Waals surface area contributed by atoms with E-state index in [0.717, 1.165) is 18.4 Å². The molecule has 0 aliphatic heterocycles. The Balaban J connectivity index is 1.57. The van der Waals surface area contributed by atoms with Gasteiger partial charge in [-0.2, -0.15) is 0 Å². The maximum Gasteiger partial charge on any atom is 0.410 e. The SMILES string of the molecule is C[n+]1nnn(C2(NC(=O)OCc3ccccc3)CC2)n1. The van der Waals surface area contributed by atoms with Crippen LogP contribution in [0, 0.1) is 0 Å². The molecule has 8 nitrogen and oxygen atoms in total. The second kappa shape index (κ2) is 4.87. The number of nitrogens with one attached hydrogen (secondary N) is 1. The lowest BCUT2D eigenvalue weighted by Crippen LogP contribution is -2.43. The van der Waals surface area contributed by atoms with Gasteiger partial charge in [0.05, 0.1) is 5.21 Å². The van der Waals surface area contributed by atoms with E-state index < -0.39 is 11.8 Å². The van der Waals surface area contributed by atoms with Crippen LogP contribution in [0.25, 0.3) is 0 Å². The monoisotopic (exact) mass is 275 g/mol. The summed E-state index contributed by atoms with van der Waals surface area (Å²) in [6, 6.07) is 9.52. The standard InChI is InChI=1S/C12H14N6O2/c1-17-14-15-18(16-17)12(7-8-12)13-11(19)20-9-10-5-3-2-4-6-10/h2-6H,7-9H2,1H3/p+1. The third-order valence-corrected chi connectivity index (χ3v) is 3.12. The topological polar surface area (TPSA) is 85.8 Å². The van der Waals surface area contributed by atoms with E-state index in [1.54, 1.807) is 7.05 Å². The number of aromatic nitrogens is 5. The van der Waals surface area contributed by atoms with E-state index in [1.807, 2.05) is 30.3 Å². The highest BCUT2D eigenvalue weighted by molar-refractivity contribution is 5.68. The molecule has 1 N–H and O–H groups in total. The predicted molar refractivity (Wildman–Crippen MR) is 66.0 cm³/mol. The first kappa shape index (κ1) is 12.5. The summed E-state index contributed by atoms with van der Waals surface area (Å²) in [5.41, 5.74) is 0.361. The number of aryl methyl sites for hydroxylation is 1. The maximum absolute atomic E-state index is 11.8. The van der Waals surface area contributed by atoms with Crippen LogP contribution in [-0.2, 0) is 24.1 Å². The van der Waals surface area contributed by atoms with Crippen molar-refractivity contribution in [1.29, 1.82) is 0 Å². The Kier molecular flexibility index (Phi) is 3.05. The molecule has 0 radical (unpaired) electrons. The minimum Gasteiger partial charge on any atom is -0.445 e. The number of rotatable bonds is 4. The van der Waals surface area contributed by atoms with E-state index >= 15 is 0 Å². The molecule has 0 spiro atoms. The van der Waals surface area contributed by atoms with E-state index in [2.05, 4.69) is 21.0 Å². The van der Waals surface area contributed by atoms with Gasteiger partial charge in [-0.1, -0.05) is 30.3 Å². The second-order valence-corrected chi connectivity index (χ2v) is 4.77. The second-order valence-electron chi connectivity index (χ2n) is 4.77. The van der Waals surface area contributed by atoms with Crippen molar-refractivity contribution in [2.45, 2.75) is 25.1 Å². The van der Waals surface area contributed by atoms with Crippen LogP contribution in [0.4, 0.5) is 4.79 Å². The highest BCUT2D eigenvalue weighted by atomic mass is 16.5. The molecule has 3 rings (SSSR count). The third kappa shape index (κ3) is 2.58. The molecule has 1 aromatic carbocycles. The fourth-order valence-electron chi connectivity index (χ4n) is 1.87. The van der Waals surface area contributed by atoms with Crippen molar-refractivity contribution in [3.63, 3.8) is 0 Å². The van der Waals surface area contributed by atoms with E-state index in [4.69, 9.17) is 4.74 Å². The normalized spacial score (nSPS) is 15.7. The minimum absolute atomic E-state index is 0.237. The number of alkyl carbamates (subject to hydrolysis) is 1. The summed E-state index contributed by atoms with van der Waals surface area (Å²) < 4.78 is 5.19. The summed E-state index contributed by atoms with van der Waals surface area (Å²) in [7, 11) is 1.67. The summed E-state index contributed by atoms with van der Waals surface area (Å²) >= 11 is 0. The van der Waals surface area contributed by atoms with Gasteiger partial charge in [-0.05, 0) is 10.4 Å². The van der Waals surface area contributed by atoms with Crippen LogP contribution in [0.3, 0.4) is 0 Å². The molecule has 0 atom stereocenters. The summed E-state index contributed by atoms with van der Waals surface area (Å²) in [4.78, 5) is 14.6. The number of ether oxygens (including phenoxy) is 1. The Morgan fingerprint density at radius 2 is 2.20 bits per heavy atom. The molecule has 1 heterocycles. The van der Waals surface area contributed by atoms with Gasteiger partial charge in [-0.15, -0.1) is 0 Å². The molecule has 0 bridgehead atoms. The summed E-state index contributed by atoms with van der Waals surface area (Å²) in [5, 5.41) is 14.5. The molecule has 20 heavy (non-hydrogen) atoms. The third-order valence-electron chi connectivity index (χ3n) is 3.12. The molecule has 1 aliphatic carbocycles. The molecular weight excluding hydrogens is 260 g/mol. The van der Waals surface area contributed by atoms with E-state index in [0.29, 0.717) is 0 Å². The molecule has 1 aliphatic rings. The van der Waals surface area contributed by atoms with E-state index in [1.165, 1.54) is 9.59 Å². The number of hydrogen-bond acceptors (Lipinski definition) is 5. The molecule has 1 amide bonds. The summed E-state index contributed by atoms with van der Waals surface area (Å²) in [5.74, 6) is 0. The van der Waals surface area contributed by atoms with Gasteiger partial charge in [0, 0.05) is 17.6 Å². The van der Waals surface area contributed by atoms with Crippen molar-refractivity contribution in [3.8, 4) is 0 Å². The number of carbonyl (C=O) groups excluding carboxylic acids is 1. The summed E-state index contributed by atoms with van der Waals surface area (Å²) in [6.45, 7) is 0.237. The Hall–Kier alpha value is -2.51. The molecule has 1 fully saturated rings. The summed E-state index contributed by atoms with van der Waals surface area (Å²) in [6.07, 6.45) is 1.06. The van der Waals surface area contributed by atoms with Gasteiger partial charge in [0.1, 0.15) is 18.9 Å². The highest BCUT2D eigenvalue weighted by Crippen LogP contribution is 2.38. The van der Waals surface area contributed by atoms with Gasteiger partial charge in [0.15, 0.2) is 5.21 Å². The zero-order valence-electron chi connectivity index (χ0n) is 11.1. The quantitative estimate of drug-likeness (QED) is 0.786.